The number of phenols is 1. The fourth-order valence-electron chi connectivity index (χ4n) is 4.14. The van der Waals surface area contributed by atoms with E-state index in [1.54, 1.807) is 29.2 Å². The molecule has 2 aromatic carbocycles. The van der Waals surface area contributed by atoms with Crippen molar-refractivity contribution in [3.8, 4) is 11.5 Å². The van der Waals surface area contributed by atoms with Crippen LogP contribution in [0.1, 0.15) is 53.6 Å². The molecule has 0 radical (unpaired) electrons. The first-order chi connectivity index (χ1) is 15.7. The number of carbonyl (C=O) groups excluding carboxylic acids is 1. The molecule has 0 bridgehead atoms. The minimum Gasteiger partial charge on any atom is -0.504 e. The Hall–Kier alpha value is -3.03. The Kier molecular flexibility index (Phi) is 6.36. The van der Waals surface area contributed by atoms with Crippen LogP contribution in [0, 0.1) is 6.92 Å². The molecule has 0 saturated heterocycles. The fraction of sp³-hybridized carbons (Fsp3) is 0.360. The molecule has 2 heterocycles. The molecular formula is C25H26ClNO6. The number of nitrogens with zero attached hydrogens (tertiary/aromatic N) is 1. The number of aromatic hydroxyl groups is 1. The molecule has 0 aliphatic carbocycles. The summed E-state index contributed by atoms with van der Waals surface area (Å²) in [4.78, 5) is 28.6. The van der Waals surface area contributed by atoms with Crippen molar-refractivity contribution in [1.82, 2.24) is 4.90 Å². The van der Waals surface area contributed by atoms with Crippen molar-refractivity contribution < 1.29 is 23.8 Å². The quantitative estimate of drug-likeness (QED) is 0.496. The van der Waals surface area contributed by atoms with Crippen molar-refractivity contribution in [2.24, 2.45) is 0 Å². The van der Waals surface area contributed by atoms with Crippen LogP contribution in [0.3, 0.4) is 0 Å². The van der Waals surface area contributed by atoms with E-state index in [1.807, 2.05) is 20.8 Å². The van der Waals surface area contributed by atoms with E-state index in [0.29, 0.717) is 41.1 Å². The van der Waals surface area contributed by atoms with E-state index in [2.05, 4.69) is 0 Å². The van der Waals surface area contributed by atoms with E-state index in [-0.39, 0.29) is 40.3 Å². The standard InChI is InChI=1S/C25H26ClNO6/c1-13(2)32-9-5-8-27-22(15-6-7-18(28)20(11-15)31-4)21-23(29)16-12-17(26)14(3)10-19(16)33-24(21)25(27)30/h6-7,10-13,22,28H,5,8-9H2,1-4H3. The molecule has 1 N–H and O–H groups in total. The van der Waals surface area contributed by atoms with Gasteiger partial charge in [0.25, 0.3) is 5.91 Å². The predicted octanol–water partition coefficient (Wildman–Crippen LogP) is 4.83. The number of phenolic OH excluding ortho intramolecular Hbond substituents is 1. The molecule has 1 aliphatic rings. The Morgan fingerprint density at radius 2 is 1.97 bits per heavy atom. The third-order valence-electron chi connectivity index (χ3n) is 5.76. The molecule has 1 amide bonds. The van der Waals surface area contributed by atoms with Gasteiger partial charge in [0.1, 0.15) is 5.58 Å². The minimum atomic E-state index is -0.693. The van der Waals surface area contributed by atoms with Gasteiger partial charge in [-0.3, -0.25) is 9.59 Å². The smallest absolute Gasteiger partial charge is 0.290 e. The number of fused-ring (bicyclic) bond motifs is 2. The van der Waals surface area contributed by atoms with Crippen LogP contribution in [0.15, 0.2) is 39.5 Å². The third-order valence-corrected chi connectivity index (χ3v) is 6.17. The third kappa shape index (κ3) is 4.18. The normalized spacial score (nSPS) is 15.5. The molecule has 1 aliphatic heterocycles. The number of carbonyl (C=O) groups is 1. The molecule has 8 heteroatoms. The van der Waals surface area contributed by atoms with Gasteiger partial charge in [0.2, 0.25) is 5.76 Å². The first kappa shape index (κ1) is 23.1. The van der Waals surface area contributed by atoms with Gasteiger partial charge in [-0.15, -0.1) is 0 Å². The number of ether oxygens (including phenoxy) is 2. The molecule has 1 aromatic heterocycles. The van der Waals surface area contributed by atoms with Gasteiger partial charge < -0.3 is 23.9 Å². The monoisotopic (exact) mass is 471 g/mol. The number of rotatable bonds is 7. The number of halogens is 1. The lowest BCUT2D eigenvalue weighted by atomic mass is 9.97. The number of hydrogen-bond donors (Lipinski definition) is 1. The Balaban J connectivity index is 1.86. The molecule has 0 fully saturated rings. The predicted molar refractivity (Wildman–Crippen MR) is 125 cm³/mol. The average molecular weight is 472 g/mol. The number of amides is 1. The molecular weight excluding hydrogens is 446 g/mol. The van der Waals surface area contributed by atoms with Gasteiger partial charge in [-0.1, -0.05) is 17.7 Å². The van der Waals surface area contributed by atoms with Gasteiger partial charge in [-0.05, 0) is 62.6 Å². The highest BCUT2D eigenvalue weighted by Crippen LogP contribution is 2.41. The maximum Gasteiger partial charge on any atom is 0.290 e. The number of hydrogen-bond acceptors (Lipinski definition) is 6. The molecule has 174 valence electrons. The highest BCUT2D eigenvalue weighted by atomic mass is 35.5. The van der Waals surface area contributed by atoms with Gasteiger partial charge in [0.05, 0.1) is 30.2 Å². The van der Waals surface area contributed by atoms with Crippen molar-refractivity contribution in [2.75, 3.05) is 20.3 Å². The van der Waals surface area contributed by atoms with Crippen molar-refractivity contribution in [3.63, 3.8) is 0 Å². The average Bonchev–Trinajstić information content (AvgIpc) is 3.05. The molecule has 0 spiro atoms. The van der Waals surface area contributed by atoms with Gasteiger partial charge in [-0.25, -0.2) is 0 Å². The van der Waals surface area contributed by atoms with Crippen molar-refractivity contribution in [1.29, 1.82) is 0 Å². The molecule has 7 nitrogen and oxygen atoms in total. The molecule has 0 saturated carbocycles. The van der Waals surface area contributed by atoms with Crippen LogP contribution in [0.25, 0.3) is 11.0 Å². The molecule has 3 aromatic rings. The maximum atomic E-state index is 13.6. The van der Waals surface area contributed by atoms with E-state index < -0.39 is 6.04 Å². The fourth-order valence-corrected chi connectivity index (χ4v) is 4.30. The SMILES string of the molecule is COc1cc(C2c3c(oc4cc(C)c(Cl)cc4c3=O)C(=O)N2CCCOC(C)C)ccc1O. The summed E-state index contributed by atoms with van der Waals surface area (Å²) < 4.78 is 16.9. The summed E-state index contributed by atoms with van der Waals surface area (Å²) in [6.45, 7) is 6.54. The molecule has 1 unspecified atom stereocenters. The summed E-state index contributed by atoms with van der Waals surface area (Å²) in [6.07, 6.45) is 0.664. The van der Waals surface area contributed by atoms with E-state index in [9.17, 15) is 14.7 Å². The molecule has 4 rings (SSSR count). The van der Waals surface area contributed by atoms with Gasteiger partial charge in [-0.2, -0.15) is 0 Å². The van der Waals surface area contributed by atoms with E-state index in [0.717, 1.165) is 5.56 Å². The zero-order valence-electron chi connectivity index (χ0n) is 19.0. The zero-order chi connectivity index (χ0) is 23.9. The second-order valence-corrected chi connectivity index (χ2v) is 8.78. The van der Waals surface area contributed by atoms with Gasteiger partial charge in [0, 0.05) is 18.2 Å². The highest BCUT2D eigenvalue weighted by Gasteiger charge is 2.42. The largest absolute Gasteiger partial charge is 0.504 e. The maximum absolute atomic E-state index is 13.6. The number of benzene rings is 2. The van der Waals surface area contributed by atoms with Crippen molar-refractivity contribution in [3.05, 3.63) is 68.0 Å². The van der Waals surface area contributed by atoms with Gasteiger partial charge in [0.15, 0.2) is 16.9 Å². The summed E-state index contributed by atoms with van der Waals surface area (Å²) in [5.74, 6) is -0.120. The topological polar surface area (TPSA) is 89.2 Å². The Labute approximate surface area is 196 Å². The van der Waals surface area contributed by atoms with Crippen LogP contribution < -0.4 is 10.2 Å². The van der Waals surface area contributed by atoms with Crippen LogP contribution in [-0.2, 0) is 4.74 Å². The Bertz CT molecular complexity index is 1280. The number of methoxy groups -OCH3 is 1. The summed E-state index contributed by atoms with van der Waals surface area (Å²) in [5, 5.41) is 10.8. The lowest BCUT2D eigenvalue weighted by Gasteiger charge is -2.25. The van der Waals surface area contributed by atoms with Crippen LogP contribution in [0.4, 0.5) is 0 Å². The second kappa shape index (κ2) is 9.08. The first-order valence-electron chi connectivity index (χ1n) is 10.8. The van der Waals surface area contributed by atoms with Crippen LogP contribution in [-0.4, -0.2) is 42.3 Å². The zero-order valence-corrected chi connectivity index (χ0v) is 19.7. The number of aryl methyl sites for hydroxylation is 1. The van der Waals surface area contributed by atoms with Crippen LogP contribution >= 0.6 is 11.6 Å². The van der Waals surface area contributed by atoms with Crippen LogP contribution in [0.5, 0.6) is 11.5 Å². The van der Waals surface area contributed by atoms with Crippen LogP contribution in [0.2, 0.25) is 5.02 Å². The summed E-state index contributed by atoms with van der Waals surface area (Å²) in [6, 6.07) is 7.35. The lowest BCUT2D eigenvalue weighted by Crippen LogP contribution is -2.31. The molecule has 33 heavy (non-hydrogen) atoms. The van der Waals surface area contributed by atoms with E-state index in [1.165, 1.54) is 13.2 Å². The molecule has 1 atom stereocenters. The second-order valence-electron chi connectivity index (χ2n) is 8.38. The Morgan fingerprint density at radius 1 is 1.21 bits per heavy atom. The van der Waals surface area contributed by atoms with E-state index in [4.69, 9.17) is 25.5 Å². The lowest BCUT2D eigenvalue weighted by molar-refractivity contribution is 0.0593. The van der Waals surface area contributed by atoms with Crippen molar-refractivity contribution >= 4 is 28.5 Å². The van der Waals surface area contributed by atoms with Crippen molar-refractivity contribution in [2.45, 2.75) is 39.3 Å². The van der Waals surface area contributed by atoms with E-state index >= 15 is 0 Å². The summed E-state index contributed by atoms with van der Waals surface area (Å²) >= 11 is 6.27. The minimum absolute atomic E-state index is 0.0241. The summed E-state index contributed by atoms with van der Waals surface area (Å²) in [7, 11) is 1.44. The first-order valence-corrected chi connectivity index (χ1v) is 11.2. The van der Waals surface area contributed by atoms with Gasteiger partial charge >= 0.3 is 0 Å². The summed E-state index contributed by atoms with van der Waals surface area (Å²) in [5.41, 5.74) is 1.65. The Morgan fingerprint density at radius 3 is 2.67 bits per heavy atom. The highest BCUT2D eigenvalue weighted by molar-refractivity contribution is 6.32.